The smallest absolute Gasteiger partial charge is 0.307 e. The molecule has 0 aliphatic rings. The summed E-state index contributed by atoms with van der Waals surface area (Å²) in [5, 5.41) is 23.8. The van der Waals surface area contributed by atoms with Gasteiger partial charge in [-0.05, 0) is 24.0 Å². The number of nitrogens with one attached hydrogen (secondary N) is 1. The Labute approximate surface area is 186 Å². The van der Waals surface area contributed by atoms with E-state index in [0.717, 1.165) is 33.7 Å². The number of hydrogen-bond donors (Lipinski definition) is 2. The predicted octanol–water partition coefficient (Wildman–Crippen LogP) is 1.88. The molecule has 0 saturated carbocycles. The standard InChI is InChI=1S/C20H25N7O4S/c1-4-5-16(19(28)29)17(18-23-25-26-24-18)10-13-6-8-14(9-7-13)15-11-21-20(22-12-15)27(2)32(3,30)31/h6-9,11-12,16-17H,4-5,10H2,1-3H3,(H,28,29)(H,23,24,25,26). The molecule has 2 heterocycles. The first-order chi connectivity index (χ1) is 15.2. The van der Waals surface area contributed by atoms with Crippen molar-refractivity contribution in [2.45, 2.75) is 32.1 Å². The summed E-state index contributed by atoms with van der Waals surface area (Å²) in [6.45, 7) is 1.94. The van der Waals surface area contributed by atoms with Crippen molar-refractivity contribution in [3.8, 4) is 11.1 Å². The summed E-state index contributed by atoms with van der Waals surface area (Å²) in [6, 6.07) is 7.58. The van der Waals surface area contributed by atoms with E-state index in [1.165, 1.54) is 7.05 Å². The van der Waals surface area contributed by atoms with E-state index in [0.29, 0.717) is 18.7 Å². The molecule has 170 valence electrons. The van der Waals surface area contributed by atoms with Crippen LogP contribution in [0.25, 0.3) is 11.1 Å². The van der Waals surface area contributed by atoms with Crippen LogP contribution < -0.4 is 4.31 Å². The van der Waals surface area contributed by atoms with Gasteiger partial charge < -0.3 is 5.11 Å². The van der Waals surface area contributed by atoms with Crippen LogP contribution in [0, 0.1) is 5.92 Å². The molecule has 3 rings (SSSR count). The van der Waals surface area contributed by atoms with E-state index >= 15 is 0 Å². The number of rotatable bonds is 10. The zero-order valence-electron chi connectivity index (χ0n) is 18.0. The quantitative estimate of drug-likeness (QED) is 0.462. The Morgan fingerprint density at radius 1 is 1.16 bits per heavy atom. The highest BCUT2D eigenvalue weighted by Gasteiger charge is 2.32. The Hall–Kier alpha value is -3.41. The highest BCUT2D eigenvalue weighted by Crippen LogP contribution is 2.30. The molecule has 2 unspecified atom stereocenters. The van der Waals surface area contributed by atoms with Gasteiger partial charge in [-0.3, -0.25) is 4.79 Å². The summed E-state index contributed by atoms with van der Waals surface area (Å²) in [6.07, 6.45) is 5.89. The van der Waals surface area contributed by atoms with E-state index in [9.17, 15) is 18.3 Å². The Kier molecular flexibility index (Phi) is 7.13. The van der Waals surface area contributed by atoms with E-state index in [1.54, 1.807) is 12.4 Å². The van der Waals surface area contributed by atoms with Crippen molar-refractivity contribution in [3.05, 3.63) is 48.0 Å². The average Bonchev–Trinajstić information content (AvgIpc) is 3.30. The minimum Gasteiger partial charge on any atom is -0.481 e. The third-order valence-electron chi connectivity index (χ3n) is 5.26. The number of hydrogen-bond acceptors (Lipinski definition) is 8. The Morgan fingerprint density at radius 2 is 1.81 bits per heavy atom. The first-order valence-corrected chi connectivity index (χ1v) is 11.9. The highest BCUT2D eigenvalue weighted by atomic mass is 32.2. The SMILES string of the molecule is CCCC(C(=O)O)C(Cc1ccc(-c2cnc(N(C)S(C)(=O)=O)nc2)cc1)c1nn[nH]n1. The molecule has 2 atom stereocenters. The Bertz CT molecular complexity index is 1130. The normalized spacial score (nSPS) is 13.5. The molecular weight excluding hydrogens is 434 g/mol. The summed E-state index contributed by atoms with van der Waals surface area (Å²) in [7, 11) is -2.05. The minimum absolute atomic E-state index is 0.0893. The number of aliphatic carboxylic acids is 1. The van der Waals surface area contributed by atoms with Gasteiger partial charge in [-0.25, -0.2) is 22.7 Å². The number of benzene rings is 1. The fourth-order valence-corrected chi connectivity index (χ4v) is 3.81. The van der Waals surface area contributed by atoms with Gasteiger partial charge in [-0.15, -0.1) is 10.2 Å². The lowest BCUT2D eigenvalue weighted by atomic mass is 9.83. The Balaban J connectivity index is 1.80. The topological polar surface area (TPSA) is 155 Å². The molecule has 0 bridgehead atoms. The number of aromatic nitrogens is 6. The number of nitrogens with zero attached hydrogens (tertiary/aromatic N) is 6. The summed E-state index contributed by atoms with van der Waals surface area (Å²) >= 11 is 0. The molecule has 0 radical (unpaired) electrons. The van der Waals surface area contributed by atoms with E-state index in [-0.39, 0.29) is 5.95 Å². The van der Waals surface area contributed by atoms with Crippen LogP contribution >= 0.6 is 0 Å². The van der Waals surface area contributed by atoms with Gasteiger partial charge in [0.2, 0.25) is 16.0 Å². The zero-order valence-corrected chi connectivity index (χ0v) is 18.8. The van der Waals surface area contributed by atoms with E-state index in [1.807, 2.05) is 31.2 Å². The van der Waals surface area contributed by atoms with Gasteiger partial charge in [0.25, 0.3) is 0 Å². The van der Waals surface area contributed by atoms with Crippen LogP contribution in [0.15, 0.2) is 36.7 Å². The van der Waals surface area contributed by atoms with Crippen LogP contribution in [0.5, 0.6) is 0 Å². The van der Waals surface area contributed by atoms with Gasteiger partial charge in [0, 0.05) is 30.9 Å². The molecule has 0 aliphatic carbocycles. The molecular formula is C20H25N7O4S. The third-order valence-corrected chi connectivity index (χ3v) is 6.41. The molecule has 2 N–H and O–H groups in total. The maximum Gasteiger partial charge on any atom is 0.307 e. The van der Waals surface area contributed by atoms with Gasteiger partial charge in [0.15, 0.2) is 5.82 Å². The lowest BCUT2D eigenvalue weighted by Gasteiger charge is -2.21. The number of aromatic amines is 1. The number of carbonyl (C=O) groups is 1. The van der Waals surface area contributed by atoms with Crippen molar-refractivity contribution in [1.29, 1.82) is 0 Å². The molecule has 0 spiro atoms. The molecule has 0 fully saturated rings. The van der Waals surface area contributed by atoms with Crippen LogP contribution in [0.4, 0.5) is 5.95 Å². The van der Waals surface area contributed by atoms with E-state index in [4.69, 9.17) is 0 Å². The maximum atomic E-state index is 11.9. The zero-order chi connectivity index (χ0) is 23.3. The van der Waals surface area contributed by atoms with E-state index < -0.39 is 27.8 Å². The van der Waals surface area contributed by atoms with Gasteiger partial charge in [-0.2, -0.15) is 5.21 Å². The molecule has 0 aliphatic heterocycles. The summed E-state index contributed by atoms with van der Waals surface area (Å²) in [5.74, 6) is -1.44. The molecule has 32 heavy (non-hydrogen) atoms. The second kappa shape index (κ2) is 9.81. The third kappa shape index (κ3) is 5.44. The van der Waals surface area contributed by atoms with Crippen LogP contribution in [-0.4, -0.2) is 63.4 Å². The molecule has 0 saturated heterocycles. The molecule has 11 nitrogen and oxygen atoms in total. The van der Waals surface area contributed by atoms with Crippen molar-refractivity contribution in [2.75, 3.05) is 17.6 Å². The lowest BCUT2D eigenvalue weighted by molar-refractivity contribution is -0.143. The fraction of sp³-hybridized carbons (Fsp3) is 0.400. The van der Waals surface area contributed by atoms with Gasteiger partial charge in [0.1, 0.15) is 0 Å². The number of H-pyrrole nitrogens is 1. The van der Waals surface area contributed by atoms with Crippen LogP contribution in [0.2, 0.25) is 0 Å². The van der Waals surface area contributed by atoms with Crippen molar-refractivity contribution >= 4 is 21.9 Å². The number of carboxylic acids is 1. The number of anilines is 1. The summed E-state index contributed by atoms with van der Waals surface area (Å²) < 4.78 is 24.3. The van der Waals surface area contributed by atoms with E-state index in [2.05, 4.69) is 30.6 Å². The average molecular weight is 460 g/mol. The number of tetrazole rings is 1. The van der Waals surface area contributed by atoms with Crippen molar-refractivity contribution in [3.63, 3.8) is 0 Å². The largest absolute Gasteiger partial charge is 0.481 e. The highest BCUT2D eigenvalue weighted by molar-refractivity contribution is 7.92. The van der Waals surface area contributed by atoms with Crippen LogP contribution in [-0.2, 0) is 21.2 Å². The first kappa shape index (κ1) is 23.3. The monoisotopic (exact) mass is 459 g/mol. The maximum absolute atomic E-state index is 11.9. The first-order valence-electron chi connectivity index (χ1n) is 10.0. The van der Waals surface area contributed by atoms with Crippen LogP contribution in [0.3, 0.4) is 0 Å². The molecule has 1 aromatic carbocycles. The molecule has 0 amide bonds. The molecule has 2 aromatic heterocycles. The molecule has 3 aromatic rings. The molecule has 12 heteroatoms. The van der Waals surface area contributed by atoms with Crippen LogP contribution in [0.1, 0.15) is 37.1 Å². The number of carboxylic acid groups (broad SMARTS) is 1. The van der Waals surface area contributed by atoms with Crippen molar-refractivity contribution in [2.24, 2.45) is 5.92 Å². The second-order valence-corrected chi connectivity index (χ2v) is 9.53. The Morgan fingerprint density at radius 3 is 2.31 bits per heavy atom. The van der Waals surface area contributed by atoms with Gasteiger partial charge >= 0.3 is 5.97 Å². The lowest BCUT2D eigenvalue weighted by Crippen LogP contribution is -2.26. The van der Waals surface area contributed by atoms with Gasteiger partial charge in [0.05, 0.1) is 12.2 Å². The fourth-order valence-electron chi connectivity index (χ4n) is 3.42. The van der Waals surface area contributed by atoms with Gasteiger partial charge in [-0.1, -0.05) is 42.8 Å². The van der Waals surface area contributed by atoms with Crippen molar-refractivity contribution < 1.29 is 18.3 Å². The minimum atomic E-state index is -3.44. The summed E-state index contributed by atoms with van der Waals surface area (Å²) in [4.78, 5) is 20.1. The van der Waals surface area contributed by atoms with Crippen molar-refractivity contribution in [1.82, 2.24) is 30.6 Å². The second-order valence-electron chi connectivity index (χ2n) is 7.51. The summed E-state index contributed by atoms with van der Waals surface area (Å²) in [5.41, 5.74) is 2.51. The number of sulfonamides is 1. The predicted molar refractivity (Wildman–Crippen MR) is 117 cm³/mol.